The van der Waals surface area contributed by atoms with Crippen LogP contribution in [0.2, 0.25) is 5.02 Å². The molecule has 5 aromatic carbocycles. The van der Waals surface area contributed by atoms with Gasteiger partial charge in [0.1, 0.15) is 4.90 Å². The first-order valence-electron chi connectivity index (χ1n) is 22.0. The molecule has 7 rings (SSSR count). The minimum atomic E-state index is -6.10. The van der Waals surface area contributed by atoms with Gasteiger partial charge in [-0.3, -0.25) is 4.90 Å². The molecule has 2 aliphatic rings. The van der Waals surface area contributed by atoms with Gasteiger partial charge in [-0.05, 0) is 36.8 Å². The number of nitrogens with one attached hydrogen (secondary N) is 2. The predicted molar refractivity (Wildman–Crippen MR) is 263 cm³/mol. The predicted octanol–water partition coefficient (Wildman–Crippen LogP) is 8.73. The van der Waals surface area contributed by atoms with Gasteiger partial charge in [-0.1, -0.05) is 18.2 Å². The second-order valence-corrected chi connectivity index (χ2v) is 23.4. The molecular formula is C47H53ClF3N4O10PS3. The van der Waals surface area contributed by atoms with Crippen LogP contribution in [0.4, 0.5) is 24.5 Å². The number of rotatable bonds is 19. The summed E-state index contributed by atoms with van der Waals surface area (Å²) in [7, 11) is -14.4. The van der Waals surface area contributed by atoms with Gasteiger partial charge >= 0.3 is 215 Å². The average molecular weight is 1050 g/mol. The van der Waals surface area contributed by atoms with Crippen LogP contribution in [0.25, 0.3) is 11.1 Å². The first-order valence-corrected chi connectivity index (χ1v) is 28.0. The van der Waals surface area contributed by atoms with Gasteiger partial charge < -0.3 is 10.1 Å². The number of halogens is 4. The van der Waals surface area contributed by atoms with Gasteiger partial charge in [0, 0.05) is 36.3 Å². The Morgan fingerprint density at radius 3 is 2.19 bits per heavy atom. The fourth-order valence-electron chi connectivity index (χ4n) is 8.22. The summed E-state index contributed by atoms with van der Waals surface area (Å²) in [5.74, 6) is -0.930. The third kappa shape index (κ3) is 13.6. The summed E-state index contributed by atoms with van der Waals surface area (Å²) in [6.07, 6.45) is 0.769. The Balaban J connectivity index is 1.05. The number of anilines is 2. The number of carbonyl (C=O) groups is 1. The molecule has 372 valence electrons. The van der Waals surface area contributed by atoms with E-state index in [4.69, 9.17) is 25.4 Å². The molecule has 0 radical (unpaired) electrons. The van der Waals surface area contributed by atoms with Crippen molar-refractivity contribution in [3.8, 4) is 11.1 Å². The summed E-state index contributed by atoms with van der Waals surface area (Å²) in [6, 6.07) is 31.9. The number of hydrogen-bond donors (Lipinski definition) is 4. The molecule has 4 N–H and O–H groups in total. The number of amides is 1. The molecule has 5 aromatic rings. The van der Waals surface area contributed by atoms with E-state index in [0.29, 0.717) is 87.7 Å². The molecule has 2 atom stereocenters. The standard InChI is InChI=1S/C47H53ClF3N4O10PS3/c1-63-66(57,58)65-45(42-10-6-5-9-41(42)33-11-15-36(48)16-12-33)34-21-25-55(26-22-34)38-17-13-35(14-18-38)46(56)53-69(61,62)40-19-20-43(44(31-40)68(59,60)47(49,50)51)52-37(23-24-54-27-29-64-30-28-54)32-67-39-7-3-2-4-8-39/h2-20,31,34,37,45,52,57-58,66H,21-30,32H2,1H3,(H,53,56)/t37-,45-/m1/s1. The van der Waals surface area contributed by atoms with Crippen molar-refractivity contribution < 1.29 is 58.4 Å². The summed E-state index contributed by atoms with van der Waals surface area (Å²) in [6.45, 7) is 3.92. The minimum absolute atomic E-state index is 0.0864. The molecule has 69 heavy (non-hydrogen) atoms. The number of thioether (sulfide) groups is 1. The van der Waals surface area contributed by atoms with Gasteiger partial charge in [-0.2, -0.15) is 13.2 Å². The van der Waals surface area contributed by atoms with Crippen molar-refractivity contribution in [1.29, 1.82) is 0 Å². The molecule has 2 fully saturated rings. The molecule has 14 nitrogen and oxygen atoms in total. The Morgan fingerprint density at radius 1 is 0.884 bits per heavy atom. The number of nitrogens with zero attached hydrogens (tertiary/aromatic N) is 2. The van der Waals surface area contributed by atoms with Gasteiger partial charge in [-0.15, -0.1) is 11.8 Å². The molecule has 22 heteroatoms. The number of hydrogen-bond acceptors (Lipinski definition) is 14. The van der Waals surface area contributed by atoms with Gasteiger partial charge in [-0.25, -0.2) is 16.8 Å². The molecule has 0 spiro atoms. The maximum atomic E-state index is 14.2. The molecule has 0 aromatic heterocycles. The van der Waals surface area contributed by atoms with Crippen molar-refractivity contribution in [2.45, 2.75) is 51.6 Å². The van der Waals surface area contributed by atoms with Crippen LogP contribution in [0.5, 0.6) is 0 Å². The summed E-state index contributed by atoms with van der Waals surface area (Å²) in [5, 5.41) is 3.54. The van der Waals surface area contributed by atoms with Crippen molar-refractivity contribution in [3.63, 3.8) is 0 Å². The normalized spacial score (nSPS) is 16.7. The van der Waals surface area contributed by atoms with Crippen LogP contribution in [0.15, 0.2) is 136 Å². The van der Waals surface area contributed by atoms with Gasteiger partial charge in [0.05, 0.1) is 23.8 Å². The Morgan fingerprint density at radius 2 is 1.54 bits per heavy atom. The zero-order chi connectivity index (χ0) is 49.4. The zero-order valence-corrected chi connectivity index (χ0v) is 41.6. The van der Waals surface area contributed by atoms with Gasteiger partial charge in [0.25, 0.3) is 19.9 Å². The summed E-state index contributed by atoms with van der Waals surface area (Å²) < 4.78 is 114. The molecule has 0 bridgehead atoms. The average Bonchev–Trinajstić information content (AvgIpc) is 3.34. The third-order valence-corrected chi connectivity index (χ3v) is 17.3. The zero-order valence-electron chi connectivity index (χ0n) is 37.3. The van der Waals surface area contributed by atoms with Crippen molar-refractivity contribution in [2.75, 3.05) is 69.0 Å². The van der Waals surface area contributed by atoms with E-state index in [9.17, 15) is 44.6 Å². The quantitative estimate of drug-likeness (QED) is 0.0455. The number of alkyl halides is 3. The fraction of sp³-hybridized carbons (Fsp3) is 0.340. The Labute approximate surface area is 409 Å². The maximum absolute atomic E-state index is 14.2. The number of sulfonamides is 1. The molecule has 2 heterocycles. The second-order valence-electron chi connectivity index (χ2n) is 16.5. The molecule has 2 saturated heterocycles. The van der Waals surface area contributed by atoms with Crippen molar-refractivity contribution in [2.24, 2.45) is 5.92 Å². The number of benzene rings is 5. The van der Waals surface area contributed by atoms with E-state index in [-0.39, 0.29) is 11.5 Å². The number of piperidine rings is 1. The van der Waals surface area contributed by atoms with Crippen LogP contribution in [0, 0.1) is 5.92 Å². The Kier molecular flexibility index (Phi) is 17.4. The molecule has 0 unspecified atom stereocenters. The first kappa shape index (κ1) is 52.5. The van der Waals surface area contributed by atoms with Crippen LogP contribution in [-0.4, -0.2) is 108 Å². The number of sulfone groups is 1. The van der Waals surface area contributed by atoms with Crippen LogP contribution in [0.3, 0.4) is 0 Å². The third-order valence-electron chi connectivity index (χ3n) is 12.0. The molecule has 1 amide bonds. The number of morpholine rings is 1. The van der Waals surface area contributed by atoms with Crippen LogP contribution < -0.4 is 14.9 Å². The van der Waals surface area contributed by atoms with E-state index in [1.807, 2.05) is 76.4 Å². The molecule has 0 saturated carbocycles. The van der Waals surface area contributed by atoms with Crippen LogP contribution in [-0.2, 0) is 33.6 Å². The van der Waals surface area contributed by atoms with Gasteiger partial charge in [0.2, 0.25) is 0 Å². The van der Waals surface area contributed by atoms with E-state index >= 15 is 0 Å². The molecule has 2 aliphatic heterocycles. The summed E-state index contributed by atoms with van der Waals surface area (Å²) in [4.78, 5) is 37.5. The Bertz CT molecular complexity index is 2750. The van der Waals surface area contributed by atoms with E-state index in [1.165, 1.54) is 31.0 Å². The van der Waals surface area contributed by atoms with Gasteiger partial charge in [0.15, 0.2) is 0 Å². The number of ether oxygens (including phenoxy) is 1. The van der Waals surface area contributed by atoms with Crippen molar-refractivity contribution >= 4 is 68.7 Å². The van der Waals surface area contributed by atoms with E-state index in [1.54, 1.807) is 24.3 Å². The van der Waals surface area contributed by atoms with Crippen LogP contribution in [0.1, 0.15) is 41.3 Å². The first-order chi connectivity index (χ1) is 32.8. The molecular weight excluding hydrogens is 1000 g/mol. The SMILES string of the molecule is CO[PH](O)(O)O[C@@H](c1ccccc1-c1ccc(Cl)cc1)C1CCN(c2ccc(C(=O)NS(=O)(=O)c3ccc(N[C@H](CCN4CCOCC4)CSc4ccccc4)c(S(=O)(=O)C(F)(F)F)c3)cc2)CC1. The summed E-state index contributed by atoms with van der Waals surface area (Å²) in [5.41, 5.74) is -3.17. The van der Waals surface area contributed by atoms with Crippen LogP contribution >= 0.6 is 31.5 Å². The number of carbonyl (C=O) groups excluding carboxylic acids is 1. The van der Waals surface area contributed by atoms with Crippen molar-refractivity contribution in [3.05, 3.63) is 137 Å². The topological polar surface area (TPSA) is 184 Å². The van der Waals surface area contributed by atoms with Crippen molar-refractivity contribution in [1.82, 2.24) is 9.62 Å². The van der Waals surface area contributed by atoms with E-state index in [2.05, 4.69) is 10.2 Å². The second kappa shape index (κ2) is 22.8. The van der Waals surface area contributed by atoms with E-state index in [0.717, 1.165) is 33.7 Å². The Hall–Kier alpha value is -4.31. The van der Waals surface area contributed by atoms with E-state index < -0.39 is 67.1 Å². The summed E-state index contributed by atoms with van der Waals surface area (Å²) >= 11 is 7.58. The fourth-order valence-corrected chi connectivity index (χ4v) is 12.1. The molecule has 0 aliphatic carbocycles. The monoisotopic (exact) mass is 1050 g/mol.